The predicted octanol–water partition coefficient (Wildman–Crippen LogP) is 3.47. The Morgan fingerprint density at radius 2 is 2.04 bits per heavy atom. The number of carbonyl (C=O) groups is 1. The fraction of sp³-hybridized carbons (Fsp3) is 0.158. The molecular weight excluding hydrogens is 333 g/mol. The second kappa shape index (κ2) is 6.87. The maximum atomic E-state index is 13.6. The maximum absolute atomic E-state index is 13.6. The zero-order valence-corrected chi connectivity index (χ0v) is 13.8. The van der Waals surface area contributed by atoms with Crippen molar-refractivity contribution in [3.8, 4) is 11.4 Å². The quantitative estimate of drug-likeness (QED) is 0.716. The third-order valence-electron chi connectivity index (χ3n) is 4.09. The molecule has 0 spiro atoms. The van der Waals surface area contributed by atoms with E-state index in [0.29, 0.717) is 23.1 Å². The summed E-state index contributed by atoms with van der Waals surface area (Å²) in [4.78, 5) is 12.1. The van der Waals surface area contributed by atoms with Crippen LogP contribution in [0.2, 0.25) is 0 Å². The molecule has 0 unspecified atom stereocenters. The molecule has 7 heteroatoms. The van der Waals surface area contributed by atoms with Crippen molar-refractivity contribution in [3.63, 3.8) is 0 Å². The van der Waals surface area contributed by atoms with Gasteiger partial charge >= 0.3 is 0 Å². The smallest absolute Gasteiger partial charge is 0.248 e. The van der Waals surface area contributed by atoms with Crippen molar-refractivity contribution in [2.24, 2.45) is 0 Å². The van der Waals surface area contributed by atoms with Gasteiger partial charge in [-0.3, -0.25) is 4.79 Å². The first-order valence-corrected chi connectivity index (χ1v) is 8.32. The van der Waals surface area contributed by atoms with Gasteiger partial charge in [0.25, 0.3) is 0 Å². The molecule has 0 radical (unpaired) electrons. The van der Waals surface area contributed by atoms with E-state index < -0.39 is 0 Å². The number of hydrogen-bond acceptors (Lipinski definition) is 4. The number of halogens is 1. The molecule has 26 heavy (non-hydrogen) atoms. The second-order valence-corrected chi connectivity index (χ2v) is 6.10. The Morgan fingerprint density at radius 1 is 1.19 bits per heavy atom. The third kappa shape index (κ3) is 3.51. The molecular formula is C19H16FN5O. The lowest BCUT2D eigenvalue weighted by Gasteiger charge is -2.06. The second-order valence-electron chi connectivity index (χ2n) is 6.10. The molecule has 1 heterocycles. The van der Waals surface area contributed by atoms with Crippen LogP contribution >= 0.6 is 0 Å². The number of nitrogens with zero attached hydrogens (tertiary/aromatic N) is 4. The van der Waals surface area contributed by atoms with Crippen molar-refractivity contribution in [1.29, 1.82) is 0 Å². The zero-order chi connectivity index (χ0) is 17.9. The molecule has 3 aromatic rings. The molecule has 1 N–H and O–H groups in total. The molecule has 1 saturated carbocycles. The summed E-state index contributed by atoms with van der Waals surface area (Å²) in [5.74, 6) is -0.0249. The van der Waals surface area contributed by atoms with Gasteiger partial charge in [0.15, 0.2) is 5.82 Å². The number of amides is 1. The summed E-state index contributed by atoms with van der Waals surface area (Å²) in [6, 6.07) is 14.0. The summed E-state index contributed by atoms with van der Waals surface area (Å²) in [6.45, 7) is 0. The molecule has 4 rings (SSSR count). The first-order chi connectivity index (χ1) is 12.7. The molecule has 0 aliphatic heterocycles. The largest absolute Gasteiger partial charge is 0.322 e. The molecule has 1 aliphatic rings. The van der Waals surface area contributed by atoms with E-state index >= 15 is 0 Å². The summed E-state index contributed by atoms with van der Waals surface area (Å²) < 4.78 is 15.4. The van der Waals surface area contributed by atoms with Crippen molar-refractivity contribution < 1.29 is 9.18 Å². The van der Waals surface area contributed by atoms with Gasteiger partial charge in [-0.2, -0.15) is 0 Å². The monoisotopic (exact) mass is 349 g/mol. The number of anilines is 1. The number of aromatic nitrogens is 4. The van der Waals surface area contributed by atoms with E-state index in [4.69, 9.17) is 0 Å². The molecule has 2 aromatic carbocycles. The first-order valence-electron chi connectivity index (χ1n) is 8.32. The van der Waals surface area contributed by atoms with Gasteiger partial charge < -0.3 is 5.32 Å². The van der Waals surface area contributed by atoms with E-state index in [1.165, 1.54) is 18.2 Å². The fourth-order valence-corrected chi connectivity index (χ4v) is 2.64. The van der Waals surface area contributed by atoms with Gasteiger partial charge in [0, 0.05) is 22.9 Å². The SMILES string of the molecule is O=C(/C=C/c1ccccc1F)Nc1cccc(-c2nnnn2C2CC2)c1. The number of benzene rings is 2. The highest BCUT2D eigenvalue weighted by Gasteiger charge is 2.28. The van der Waals surface area contributed by atoms with Crippen molar-refractivity contribution in [1.82, 2.24) is 20.2 Å². The average Bonchev–Trinajstić information content (AvgIpc) is 3.38. The normalized spacial score (nSPS) is 13.9. The van der Waals surface area contributed by atoms with E-state index in [2.05, 4.69) is 20.8 Å². The van der Waals surface area contributed by atoms with Crippen LogP contribution in [-0.2, 0) is 4.79 Å². The zero-order valence-electron chi connectivity index (χ0n) is 13.8. The predicted molar refractivity (Wildman–Crippen MR) is 95.6 cm³/mol. The van der Waals surface area contributed by atoms with E-state index in [9.17, 15) is 9.18 Å². The average molecular weight is 349 g/mol. The number of hydrogen-bond donors (Lipinski definition) is 1. The minimum atomic E-state index is -0.370. The van der Waals surface area contributed by atoms with Crippen molar-refractivity contribution in [2.45, 2.75) is 18.9 Å². The Morgan fingerprint density at radius 3 is 2.85 bits per heavy atom. The van der Waals surface area contributed by atoms with Crippen LogP contribution in [0.5, 0.6) is 0 Å². The highest BCUT2D eigenvalue weighted by molar-refractivity contribution is 6.02. The Hall–Kier alpha value is -3.35. The molecule has 6 nitrogen and oxygen atoms in total. The highest BCUT2D eigenvalue weighted by Crippen LogP contribution is 2.36. The van der Waals surface area contributed by atoms with E-state index in [0.717, 1.165) is 18.4 Å². The summed E-state index contributed by atoms with van der Waals surface area (Å²) in [5.41, 5.74) is 1.81. The van der Waals surface area contributed by atoms with Gasteiger partial charge in [-0.05, 0) is 47.5 Å². The first kappa shape index (κ1) is 16.1. The molecule has 0 saturated heterocycles. The highest BCUT2D eigenvalue weighted by atomic mass is 19.1. The molecule has 1 aromatic heterocycles. The van der Waals surface area contributed by atoms with Crippen LogP contribution in [0.4, 0.5) is 10.1 Å². The number of nitrogens with one attached hydrogen (secondary N) is 1. The van der Waals surface area contributed by atoms with Gasteiger partial charge in [-0.1, -0.05) is 30.3 Å². The van der Waals surface area contributed by atoms with Crippen LogP contribution in [0.3, 0.4) is 0 Å². The van der Waals surface area contributed by atoms with Crippen molar-refractivity contribution in [2.75, 3.05) is 5.32 Å². The Balaban J connectivity index is 1.49. The summed E-state index contributed by atoms with van der Waals surface area (Å²) in [6.07, 6.45) is 4.91. The lowest BCUT2D eigenvalue weighted by atomic mass is 10.1. The van der Waals surface area contributed by atoms with E-state index in [1.807, 2.05) is 22.9 Å². The summed E-state index contributed by atoms with van der Waals surface area (Å²) >= 11 is 0. The van der Waals surface area contributed by atoms with Gasteiger partial charge in [0.1, 0.15) is 5.82 Å². The van der Waals surface area contributed by atoms with Crippen LogP contribution in [0.1, 0.15) is 24.4 Å². The molecule has 1 fully saturated rings. The van der Waals surface area contributed by atoms with Crippen LogP contribution in [-0.4, -0.2) is 26.1 Å². The van der Waals surface area contributed by atoms with Crippen LogP contribution in [0.15, 0.2) is 54.6 Å². The third-order valence-corrected chi connectivity index (χ3v) is 4.09. The number of rotatable bonds is 5. The van der Waals surface area contributed by atoms with Gasteiger partial charge in [0.2, 0.25) is 5.91 Å². The molecule has 1 amide bonds. The summed E-state index contributed by atoms with van der Waals surface area (Å²) in [7, 11) is 0. The minimum absolute atomic E-state index is 0.341. The Kier molecular flexibility index (Phi) is 4.27. The molecule has 0 atom stereocenters. The Labute approximate surface area is 149 Å². The molecule has 1 aliphatic carbocycles. The standard InChI is InChI=1S/C19H16FN5O/c20-17-7-2-1-4-13(17)8-11-18(26)21-15-6-3-5-14(12-15)19-22-23-24-25(19)16-9-10-16/h1-8,11-12,16H,9-10H2,(H,21,26)/b11-8+. The number of tetrazole rings is 1. The van der Waals surface area contributed by atoms with Gasteiger partial charge in [-0.15, -0.1) is 5.10 Å². The Bertz CT molecular complexity index is 977. The van der Waals surface area contributed by atoms with Crippen molar-refractivity contribution >= 4 is 17.7 Å². The maximum Gasteiger partial charge on any atom is 0.248 e. The fourth-order valence-electron chi connectivity index (χ4n) is 2.64. The van der Waals surface area contributed by atoms with E-state index in [1.54, 1.807) is 24.3 Å². The van der Waals surface area contributed by atoms with Crippen molar-refractivity contribution in [3.05, 3.63) is 66.0 Å². The van der Waals surface area contributed by atoms with Crippen LogP contribution in [0.25, 0.3) is 17.5 Å². The molecule has 130 valence electrons. The van der Waals surface area contributed by atoms with Crippen LogP contribution < -0.4 is 5.32 Å². The van der Waals surface area contributed by atoms with Gasteiger partial charge in [-0.25, -0.2) is 9.07 Å². The summed E-state index contributed by atoms with van der Waals surface area (Å²) in [5, 5.41) is 14.6. The topological polar surface area (TPSA) is 72.7 Å². The lowest BCUT2D eigenvalue weighted by molar-refractivity contribution is -0.111. The van der Waals surface area contributed by atoms with E-state index in [-0.39, 0.29) is 11.7 Å². The van der Waals surface area contributed by atoms with Crippen LogP contribution in [0, 0.1) is 5.82 Å². The van der Waals surface area contributed by atoms with Gasteiger partial charge in [0.05, 0.1) is 6.04 Å². The number of carbonyl (C=O) groups excluding carboxylic acids is 1. The molecule has 0 bridgehead atoms. The minimum Gasteiger partial charge on any atom is -0.322 e. The lowest BCUT2D eigenvalue weighted by Crippen LogP contribution is -2.08.